The molecule has 2 aromatic carbocycles. The Kier molecular flexibility index (Phi) is 8.07. The van der Waals surface area contributed by atoms with Gasteiger partial charge in [-0.1, -0.05) is 67.1 Å². The number of aromatic nitrogens is 2. The van der Waals surface area contributed by atoms with Gasteiger partial charge >= 0.3 is 0 Å². The van der Waals surface area contributed by atoms with E-state index in [1.165, 1.54) is 16.7 Å². The monoisotopic (exact) mass is 403 g/mol. The molecule has 0 amide bonds. The molecule has 0 aliphatic rings. The number of nitrogens with one attached hydrogen (secondary N) is 2. The van der Waals surface area contributed by atoms with Crippen molar-refractivity contribution < 1.29 is 0 Å². The molecule has 1 atom stereocenters. The largest absolute Gasteiger partial charge is 0.357 e. The third-order valence-electron chi connectivity index (χ3n) is 5.15. The van der Waals surface area contributed by atoms with Gasteiger partial charge in [0.15, 0.2) is 5.96 Å². The van der Waals surface area contributed by atoms with E-state index >= 15 is 0 Å². The summed E-state index contributed by atoms with van der Waals surface area (Å²) in [6.45, 7) is 9.65. The van der Waals surface area contributed by atoms with Crippen LogP contribution in [0.3, 0.4) is 0 Å². The number of imidazole rings is 1. The minimum atomic E-state index is 0.380. The lowest BCUT2D eigenvalue weighted by Crippen LogP contribution is -2.38. The van der Waals surface area contributed by atoms with Crippen molar-refractivity contribution in [1.29, 1.82) is 0 Å². The van der Waals surface area contributed by atoms with E-state index in [0.717, 1.165) is 44.4 Å². The topological polar surface area (TPSA) is 54.2 Å². The number of nitrogens with zero attached hydrogens (tertiary/aromatic N) is 3. The summed E-state index contributed by atoms with van der Waals surface area (Å²) in [5.74, 6) is 2.32. The van der Waals surface area contributed by atoms with Crippen molar-refractivity contribution in [2.45, 2.75) is 39.7 Å². The van der Waals surface area contributed by atoms with Crippen LogP contribution in [0.4, 0.5) is 0 Å². The van der Waals surface area contributed by atoms with Crippen LogP contribution in [-0.2, 0) is 13.0 Å². The first-order valence-corrected chi connectivity index (χ1v) is 10.8. The Labute approximate surface area is 180 Å². The maximum Gasteiger partial charge on any atom is 0.191 e. The molecular formula is C25H33N5. The maximum absolute atomic E-state index is 4.79. The van der Waals surface area contributed by atoms with Gasteiger partial charge in [-0.25, -0.2) is 4.98 Å². The van der Waals surface area contributed by atoms with E-state index < -0.39 is 0 Å². The summed E-state index contributed by atoms with van der Waals surface area (Å²) in [7, 11) is 0. The number of rotatable bonds is 9. The van der Waals surface area contributed by atoms with Crippen LogP contribution in [0.1, 0.15) is 42.3 Å². The molecule has 0 bridgehead atoms. The Bertz CT molecular complexity index is 912. The highest BCUT2D eigenvalue weighted by Gasteiger charge is 2.07. The molecule has 2 N–H and O–H groups in total. The van der Waals surface area contributed by atoms with E-state index in [-0.39, 0.29) is 0 Å². The number of aliphatic imine (C=N–C) groups is 1. The third kappa shape index (κ3) is 6.48. The Morgan fingerprint density at radius 2 is 1.83 bits per heavy atom. The van der Waals surface area contributed by atoms with Crippen molar-refractivity contribution in [1.82, 2.24) is 20.2 Å². The number of guanidine groups is 1. The molecule has 5 heteroatoms. The quantitative estimate of drug-likeness (QED) is 0.417. The highest BCUT2D eigenvalue weighted by molar-refractivity contribution is 5.79. The molecule has 0 radical (unpaired) electrons. The van der Waals surface area contributed by atoms with Crippen LogP contribution in [-0.4, -0.2) is 35.1 Å². The van der Waals surface area contributed by atoms with Crippen LogP contribution in [0.5, 0.6) is 0 Å². The van der Waals surface area contributed by atoms with Crippen LogP contribution < -0.4 is 10.6 Å². The van der Waals surface area contributed by atoms with Gasteiger partial charge in [0, 0.05) is 50.9 Å². The Balaban J connectivity index is 1.53. The zero-order valence-electron chi connectivity index (χ0n) is 18.3. The fourth-order valence-corrected chi connectivity index (χ4v) is 3.36. The van der Waals surface area contributed by atoms with E-state index in [0.29, 0.717) is 5.92 Å². The lowest BCUT2D eigenvalue weighted by molar-refractivity contribution is 0.691. The standard InChI is InChI=1S/C25H33N5/c1-4-26-25(29-18-21(3)23-12-10-20(2)11-13-23)28-15-14-24-27-16-17-30(24)19-22-8-6-5-7-9-22/h5-13,16-17,21H,4,14-15,18-19H2,1-3H3,(H2,26,28,29). The van der Waals surface area contributed by atoms with Gasteiger partial charge in [-0.15, -0.1) is 0 Å². The molecule has 0 saturated carbocycles. The number of hydrogen-bond acceptors (Lipinski definition) is 2. The van der Waals surface area contributed by atoms with E-state index in [2.05, 4.69) is 89.5 Å². The third-order valence-corrected chi connectivity index (χ3v) is 5.15. The van der Waals surface area contributed by atoms with Gasteiger partial charge in [0.25, 0.3) is 0 Å². The second-order valence-electron chi connectivity index (χ2n) is 7.67. The highest BCUT2D eigenvalue weighted by Crippen LogP contribution is 2.16. The number of aryl methyl sites for hydroxylation is 1. The molecule has 0 aliphatic heterocycles. The van der Waals surface area contributed by atoms with Gasteiger partial charge in [0.1, 0.15) is 5.82 Å². The van der Waals surface area contributed by atoms with Crippen LogP contribution in [0, 0.1) is 6.92 Å². The predicted molar refractivity (Wildman–Crippen MR) is 125 cm³/mol. The predicted octanol–water partition coefficient (Wildman–Crippen LogP) is 4.14. The van der Waals surface area contributed by atoms with Crippen molar-refractivity contribution >= 4 is 5.96 Å². The van der Waals surface area contributed by atoms with Crippen molar-refractivity contribution in [3.8, 4) is 0 Å². The molecule has 0 spiro atoms. The Morgan fingerprint density at radius 3 is 2.57 bits per heavy atom. The lowest BCUT2D eigenvalue weighted by atomic mass is 10.0. The normalized spacial score (nSPS) is 12.6. The van der Waals surface area contributed by atoms with Crippen molar-refractivity contribution in [3.63, 3.8) is 0 Å². The fraction of sp³-hybridized carbons (Fsp3) is 0.360. The number of hydrogen-bond donors (Lipinski definition) is 2. The summed E-state index contributed by atoms with van der Waals surface area (Å²) >= 11 is 0. The molecule has 0 aliphatic carbocycles. The van der Waals surface area contributed by atoms with E-state index in [9.17, 15) is 0 Å². The second-order valence-corrected chi connectivity index (χ2v) is 7.67. The SMILES string of the molecule is CCNC(=NCC(C)c1ccc(C)cc1)NCCc1nccn1Cc1ccccc1. The average molecular weight is 404 g/mol. The Hall–Kier alpha value is -3.08. The van der Waals surface area contributed by atoms with Gasteiger partial charge in [0.05, 0.1) is 0 Å². The summed E-state index contributed by atoms with van der Waals surface area (Å²) in [5, 5.41) is 6.80. The average Bonchev–Trinajstić information content (AvgIpc) is 3.20. The van der Waals surface area contributed by atoms with Gasteiger partial charge in [-0.2, -0.15) is 0 Å². The first-order chi connectivity index (χ1) is 14.7. The summed E-state index contributed by atoms with van der Waals surface area (Å²) in [6, 6.07) is 19.2. The van der Waals surface area contributed by atoms with Crippen LogP contribution in [0.15, 0.2) is 72.0 Å². The van der Waals surface area contributed by atoms with Gasteiger partial charge < -0.3 is 15.2 Å². The molecule has 30 heavy (non-hydrogen) atoms. The van der Waals surface area contributed by atoms with Crippen LogP contribution >= 0.6 is 0 Å². The summed E-state index contributed by atoms with van der Waals surface area (Å²) in [5.41, 5.74) is 3.89. The maximum atomic E-state index is 4.79. The van der Waals surface area contributed by atoms with Crippen LogP contribution in [0.25, 0.3) is 0 Å². The van der Waals surface area contributed by atoms with Gasteiger partial charge in [-0.05, 0) is 25.0 Å². The van der Waals surface area contributed by atoms with Crippen molar-refractivity contribution in [2.24, 2.45) is 4.99 Å². The van der Waals surface area contributed by atoms with Crippen LogP contribution in [0.2, 0.25) is 0 Å². The smallest absolute Gasteiger partial charge is 0.191 e. The van der Waals surface area contributed by atoms with Gasteiger partial charge in [0.2, 0.25) is 0 Å². The van der Waals surface area contributed by atoms with Crippen molar-refractivity contribution in [3.05, 3.63) is 89.5 Å². The fourth-order valence-electron chi connectivity index (χ4n) is 3.36. The minimum Gasteiger partial charge on any atom is -0.357 e. The highest BCUT2D eigenvalue weighted by atomic mass is 15.2. The van der Waals surface area contributed by atoms with E-state index in [1.807, 2.05) is 18.5 Å². The molecular weight excluding hydrogens is 370 g/mol. The molecule has 1 aromatic heterocycles. The lowest BCUT2D eigenvalue weighted by Gasteiger charge is -2.14. The zero-order valence-corrected chi connectivity index (χ0v) is 18.3. The molecule has 158 valence electrons. The second kappa shape index (κ2) is 11.2. The first kappa shape index (κ1) is 21.6. The molecule has 3 aromatic rings. The summed E-state index contributed by atoms with van der Waals surface area (Å²) < 4.78 is 2.21. The molecule has 5 nitrogen and oxygen atoms in total. The van der Waals surface area contributed by atoms with Gasteiger partial charge in [-0.3, -0.25) is 4.99 Å². The summed E-state index contributed by atoms with van der Waals surface area (Å²) in [4.78, 5) is 9.33. The molecule has 3 rings (SSSR count). The molecule has 1 unspecified atom stereocenters. The zero-order chi connectivity index (χ0) is 21.2. The molecule has 0 saturated heterocycles. The first-order valence-electron chi connectivity index (χ1n) is 10.8. The van der Waals surface area contributed by atoms with E-state index in [4.69, 9.17) is 4.99 Å². The van der Waals surface area contributed by atoms with E-state index in [1.54, 1.807) is 0 Å². The Morgan fingerprint density at radius 1 is 1.07 bits per heavy atom. The van der Waals surface area contributed by atoms with Crippen molar-refractivity contribution in [2.75, 3.05) is 19.6 Å². The number of benzene rings is 2. The summed E-state index contributed by atoms with van der Waals surface area (Å²) in [6.07, 6.45) is 4.77. The molecule has 0 fully saturated rings. The molecule has 1 heterocycles. The minimum absolute atomic E-state index is 0.380.